The Morgan fingerprint density at radius 3 is 2.31 bits per heavy atom. The molecule has 0 fully saturated rings. The average molecular weight is 546 g/mol. The average Bonchev–Trinajstić information content (AvgIpc) is 3.13. The Hall–Kier alpha value is -4.43. The van der Waals surface area contributed by atoms with Gasteiger partial charge in [-0.3, -0.25) is 14.4 Å². The van der Waals surface area contributed by atoms with Gasteiger partial charge in [-0.2, -0.15) is 0 Å². The summed E-state index contributed by atoms with van der Waals surface area (Å²) in [6.07, 6.45) is 1.70. The number of nitrogens with one attached hydrogen (secondary N) is 2. The summed E-state index contributed by atoms with van der Waals surface area (Å²) in [5.74, 6) is -2.01. The highest BCUT2D eigenvalue weighted by molar-refractivity contribution is 6.53. The van der Waals surface area contributed by atoms with Crippen molar-refractivity contribution in [3.05, 3.63) is 99.7 Å². The van der Waals surface area contributed by atoms with Gasteiger partial charge in [0.25, 0.3) is 17.7 Å². The summed E-state index contributed by atoms with van der Waals surface area (Å²) in [4.78, 5) is 51.8. The van der Waals surface area contributed by atoms with E-state index in [0.29, 0.717) is 34.8 Å². The molecule has 0 spiro atoms. The number of amides is 3. The van der Waals surface area contributed by atoms with Gasteiger partial charge in [0.1, 0.15) is 10.7 Å². The van der Waals surface area contributed by atoms with Gasteiger partial charge in [0, 0.05) is 16.9 Å². The van der Waals surface area contributed by atoms with Gasteiger partial charge in [-0.15, -0.1) is 0 Å². The number of carbonyl (C=O) groups excluding carboxylic acids is 4. The van der Waals surface area contributed by atoms with Crippen LogP contribution in [0.2, 0.25) is 0 Å². The zero-order chi connectivity index (χ0) is 28.1. The zero-order valence-corrected chi connectivity index (χ0v) is 22.6. The number of rotatable bonds is 9. The second kappa shape index (κ2) is 12.0. The Kier molecular flexibility index (Phi) is 8.46. The summed E-state index contributed by atoms with van der Waals surface area (Å²) in [6, 6.07) is 18.2. The monoisotopic (exact) mass is 545 g/mol. The number of hydrogen-bond donors (Lipinski definition) is 2. The third-order valence-corrected chi connectivity index (χ3v) is 6.63. The molecule has 4 rings (SSSR count). The minimum atomic E-state index is -0.611. The predicted octanol–water partition coefficient (Wildman–Crippen LogP) is 5.95. The van der Waals surface area contributed by atoms with Crippen LogP contribution in [0.3, 0.4) is 0 Å². The maximum atomic E-state index is 13.1. The molecule has 0 saturated heterocycles. The number of nitrogens with zero attached hydrogens (tertiary/aromatic N) is 1. The number of aryl methyl sites for hydroxylation is 2. The number of benzene rings is 3. The van der Waals surface area contributed by atoms with Gasteiger partial charge < -0.3 is 15.4 Å². The first-order valence-electron chi connectivity index (χ1n) is 12.5. The Labute approximate surface area is 231 Å². The van der Waals surface area contributed by atoms with Crippen molar-refractivity contribution in [2.45, 2.75) is 33.6 Å². The molecular formula is C30H28ClN3O5. The van der Waals surface area contributed by atoms with Gasteiger partial charge >= 0.3 is 5.97 Å². The van der Waals surface area contributed by atoms with Crippen LogP contribution in [0, 0.1) is 13.8 Å². The molecule has 3 amide bonds. The Bertz CT molecular complexity index is 1480. The second-order valence-corrected chi connectivity index (χ2v) is 9.51. The zero-order valence-electron chi connectivity index (χ0n) is 21.8. The maximum absolute atomic E-state index is 13.1. The summed E-state index contributed by atoms with van der Waals surface area (Å²) in [6.45, 7) is 6.19. The van der Waals surface area contributed by atoms with E-state index in [1.807, 2.05) is 26.8 Å². The largest absolute Gasteiger partial charge is 0.462 e. The number of hydrogen-bond acceptors (Lipinski definition) is 6. The molecular weight excluding hydrogens is 518 g/mol. The van der Waals surface area contributed by atoms with Crippen LogP contribution in [0.5, 0.6) is 0 Å². The molecule has 0 aromatic heterocycles. The normalized spacial score (nSPS) is 13.1. The SMILES string of the molecule is CCCCOC(=O)c1cccc(NC(=O)c2ccc(NC3=C(Cl)C(=O)N(c4ccc(C)c(C)c4)C3=O)cc2)c1. The minimum absolute atomic E-state index is 0.0419. The lowest BCUT2D eigenvalue weighted by Crippen LogP contribution is -2.32. The van der Waals surface area contributed by atoms with Gasteiger partial charge in [0.15, 0.2) is 0 Å². The molecule has 0 radical (unpaired) electrons. The summed E-state index contributed by atoms with van der Waals surface area (Å²) < 4.78 is 5.22. The lowest BCUT2D eigenvalue weighted by atomic mass is 10.1. The summed E-state index contributed by atoms with van der Waals surface area (Å²) in [5, 5.41) is 5.45. The van der Waals surface area contributed by atoms with Crippen LogP contribution in [-0.4, -0.2) is 30.3 Å². The van der Waals surface area contributed by atoms with Crippen molar-refractivity contribution >= 4 is 52.4 Å². The number of unbranched alkanes of at least 4 members (excludes halogenated alkanes) is 1. The van der Waals surface area contributed by atoms with Crippen LogP contribution in [0.15, 0.2) is 77.5 Å². The first-order chi connectivity index (χ1) is 18.7. The van der Waals surface area contributed by atoms with E-state index in [2.05, 4.69) is 10.6 Å². The van der Waals surface area contributed by atoms with Crippen LogP contribution >= 0.6 is 11.6 Å². The first kappa shape index (κ1) is 27.6. The molecule has 8 nitrogen and oxygen atoms in total. The van der Waals surface area contributed by atoms with E-state index in [1.165, 1.54) is 0 Å². The fourth-order valence-corrected chi connectivity index (χ4v) is 4.09. The molecule has 3 aromatic carbocycles. The van der Waals surface area contributed by atoms with E-state index in [-0.39, 0.29) is 16.6 Å². The third kappa shape index (κ3) is 6.18. The fourth-order valence-electron chi connectivity index (χ4n) is 3.88. The number of carbonyl (C=O) groups is 4. The van der Waals surface area contributed by atoms with Gasteiger partial charge in [-0.25, -0.2) is 9.69 Å². The van der Waals surface area contributed by atoms with Crippen LogP contribution in [0.4, 0.5) is 17.1 Å². The summed E-state index contributed by atoms with van der Waals surface area (Å²) in [5.41, 5.74) is 4.00. The van der Waals surface area contributed by atoms with Crippen LogP contribution < -0.4 is 15.5 Å². The maximum Gasteiger partial charge on any atom is 0.338 e. The first-order valence-corrected chi connectivity index (χ1v) is 12.9. The Balaban J connectivity index is 1.42. The van der Waals surface area contributed by atoms with Crippen molar-refractivity contribution in [3.8, 4) is 0 Å². The number of ether oxygens (including phenoxy) is 1. The Morgan fingerprint density at radius 1 is 0.872 bits per heavy atom. The molecule has 0 unspecified atom stereocenters. The molecule has 0 atom stereocenters. The van der Waals surface area contributed by atoms with Crippen molar-refractivity contribution in [2.75, 3.05) is 22.1 Å². The van der Waals surface area contributed by atoms with Gasteiger partial charge in [-0.05, 0) is 86.0 Å². The molecule has 0 bridgehead atoms. The molecule has 1 aliphatic heterocycles. The summed E-state index contributed by atoms with van der Waals surface area (Å²) in [7, 11) is 0. The lowest BCUT2D eigenvalue weighted by Gasteiger charge is -2.16. The quantitative estimate of drug-likeness (QED) is 0.196. The Morgan fingerprint density at radius 2 is 1.62 bits per heavy atom. The molecule has 9 heteroatoms. The van der Waals surface area contributed by atoms with Gasteiger partial charge in [0.2, 0.25) is 0 Å². The number of anilines is 3. The third-order valence-electron chi connectivity index (χ3n) is 6.28. The molecule has 2 N–H and O–H groups in total. The van der Waals surface area contributed by atoms with E-state index >= 15 is 0 Å². The van der Waals surface area contributed by atoms with Gasteiger partial charge in [0.05, 0.1) is 17.9 Å². The summed E-state index contributed by atoms with van der Waals surface area (Å²) >= 11 is 6.24. The van der Waals surface area contributed by atoms with E-state index in [1.54, 1.807) is 60.7 Å². The molecule has 0 aliphatic carbocycles. The molecule has 200 valence electrons. The molecule has 1 heterocycles. The smallest absolute Gasteiger partial charge is 0.338 e. The molecule has 1 aliphatic rings. The molecule has 39 heavy (non-hydrogen) atoms. The minimum Gasteiger partial charge on any atom is -0.462 e. The highest BCUT2D eigenvalue weighted by Crippen LogP contribution is 2.31. The van der Waals surface area contributed by atoms with E-state index < -0.39 is 17.8 Å². The predicted molar refractivity (Wildman–Crippen MR) is 151 cm³/mol. The van der Waals surface area contributed by atoms with Crippen molar-refractivity contribution in [1.82, 2.24) is 0 Å². The topological polar surface area (TPSA) is 105 Å². The van der Waals surface area contributed by atoms with Crippen LogP contribution in [0.25, 0.3) is 0 Å². The lowest BCUT2D eigenvalue weighted by molar-refractivity contribution is -0.120. The number of halogens is 1. The molecule has 3 aromatic rings. The second-order valence-electron chi connectivity index (χ2n) is 9.13. The van der Waals surface area contributed by atoms with Crippen molar-refractivity contribution in [3.63, 3.8) is 0 Å². The van der Waals surface area contributed by atoms with Crippen molar-refractivity contribution < 1.29 is 23.9 Å². The standard InChI is InChI=1S/C30H28ClN3O5/c1-4-5-15-39-30(38)21-7-6-8-23(17-21)33-27(35)20-10-12-22(13-11-20)32-26-25(31)28(36)34(29(26)37)24-14-9-18(2)19(3)16-24/h6-14,16-17,32H,4-5,15H2,1-3H3,(H,33,35). The van der Waals surface area contributed by atoms with Crippen LogP contribution in [-0.2, 0) is 14.3 Å². The highest BCUT2D eigenvalue weighted by atomic mass is 35.5. The fraction of sp³-hybridized carbons (Fsp3) is 0.200. The molecule has 0 saturated carbocycles. The van der Waals surface area contributed by atoms with E-state index in [4.69, 9.17) is 16.3 Å². The van der Waals surface area contributed by atoms with Crippen LogP contribution in [0.1, 0.15) is 51.6 Å². The van der Waals surface area contributed by atoms with Gasteiger partial charge in [-0.1, -0.05) is 37.1 Å². The highest BCUT2D eigenvalue weighted by Gasteiger charge is 2.39. The van der Waals surface area contributed by atoms with Crippen molar-refractivity contribution in [1.29, 1.82) is 0 Å². The number of esters is 1. The van der Waals surface area contributed by atoms with Crippen molar-refractivity contribution in [2.24, 2.45) is 0 Å². The van der Waals surface area contributed by atoms with E-state index in [9.17, 15) is 19.2 Å². The van der Waals surface area contributed by atoms with E-state index in [0.717, 1.165) is 28.9 Å². The number of imide groups is 1.